The van der Waals surface area contributed by atoms with E-state index in [0.717, 1.165) is 38.9 Å². The molecular weight excluding hydrogens is 341 g/mol. The minimum absolute atomic E-state index is 0.158. The van der Waals surface area contributed by atoms with Gasteiger partial charge in [0.15, 0.2) is 0 Å². The molecule has 2 heterocycles. The number of hydrogen-bond acceptors (Lipinski definition) is 3. The normalized spacial score (nSPS) is 29.2. The van der Waals surface area contributed by atoms with E-state index in [1.165, 1.54) is 31.2 Å². The summed E-state index contributed by atoms with van der Waals surface area (Å²) < 4.78 is 13.4. The van der Waals surface area contributed by atoms with Crippen molar-refractivity contribution in [2.75, 3.05) is 26.3 Å². The number of piperidine rings is 1. The molecule has 2 atom stereocenters. The highest BCUT2D eigenvalue weighted by Crippen LogP contribution is 2.40. The van der Waals surface area contributed by atoms with Crippen molar-refractivity contribution >= 4 is 5.91 Å². The van der Waals surface area contributed by atoms with E-state index in [2.05, 4.69) is 22.0 Å². The Labute approximate surface area is 162 Å². The second-order valence-electron chi connectivity index (χ2n) is 8.50. The van der Waals surface area contributed by atoms with Crippen molar-refractivity contribution in [2.24, 2.45) is 0 Å². The lowest BCUT2D eigenvalue weighted by Gasteiger charge is -2.47. The van der Waals surface area contributed by atoms with Crippen molar-refractivity contribution in [2.45, 2.75) is 69.4 Å². The van der Waals surface area contributed by atoms with Gasteiger partial charge in [-0.25, -0.2) is 4.39 Å². The van der Waals surface area contributed by atoms with Gasteiger partial charge >= 0.3 is 0 Å². The third kappa shape index (κ3) is 3.52. The maximum absolute atomic E-state index is 13.4. The first-order valence-electron chi connectivity index (χ1n) is 10.7. The van der Waals surface area contributed by atoms with Crippen LogP contribution in [0.3, 0.4) is 0 Å². The molecule has 1 spiro atoms. The molecule has 0 aromatic heterocycles. The van der Waals surface area contributed by atoms with Crippen LogP contribution in [0.25, 0.3) is 0 Å². The molecule has 1 amide bonds. The number of carbonyl (C=O) groups is 1. The van der Waals surface area contributed by atoms with Crippen molar-refractivity contribution in [1.29, 1.82) is 0 Å². The summed E-state index contributed by atoms with van der Waals surface area (Å²) in [5.74, 6) is 0.557. The summed E-state index contributed by atoms with van der Waals surface area (Å²) in [4.78, 5) is 17.6. The van der Waals surface area contributed by atoms with Crippen LogP contribution in [0.2, 0.25) is 0 Å². The van der Waals surface area contributed by atoms with Gasteiger partial charge in [-0.3, -0.25) is 14.6 Å². The molecule has 4 rings (SSSR count). The standard InChI is InChI=1S/C22H32FN3O/c1-2-13-26-16-24-21(27)22(26)11-14-25(15-12-22)20-6-4-3-5-19(20)17-7-9-18(23)10-8-17/h7-10,19-20H,2-6,11-16H2,1H3,(H,24,27)/t19-,20-/m1/s1. The van der Waals surface area contributed by atoms with Gasteiger partial charge in [0.25, 0.3) is 0 Å². The zero-order chi connectivity index (χ0) is 18.9. The number of nitrogens with one attached hydrogen (secondary N) is 1. The second-order valence-corrected chi connectivity index (χ2v) is 8.50. The first kappa shape index (κ1) is 18.9. The number of nitrogens with zero attached hydrogens (tertiary/aromatic N) is 2. The van der Waals surface area contributed by atoms with Crippen molar-refractivity contribution in [1.82, 2.24) is 15.1 Å². The lowest BCUT2D eigenvalue weighted by atomic mass is 9.77. The Hall–Kier alpha value is -1.46. The fraction of sp³-hybridized carbons (Fsp3) is 0.682. The van der Waals surface area contributed by atoms with Gasteiger partial charge in [0.1, 0.15) is 11.4 Å². The number of hydrogen-bond donors (Lipinski definition) is 1. The monoisotopic (exact) mass is 373 g/mol. The molecule has 2 aliphatic heterocycles. The minimum atomic E-state index is -0.285. The Kier molecular flexibility index (Phi) is 5.51. The topological polar surface area (TPSA) is 35.6 Å². The minimum Gasteiger partial charge on any atom is -0.342 e. The molecule has 0 bridgehead atoms. The predicted octanol–water partition coefficient (Wildman–Crippen LogP) is 3.49. The van der Waals surface area contributed by atoms with E-state index >= 15 is 0 Å². The highest BCUT2D eigenvalue weighted by atomic mass is 19.1. The zero-order valence-electron chi connectivity index (χ0n) is 16.4. The SMILES string of the molecule is CCCN1CNC(=O)C12CCN([C@@H]1CCCC[C@@H]1c1ccc(F)cc1)CC2. The number of benzene rings is 1. The van der Waals surface area contributed by atoms with E-state index in [-0.39, 0.29) is 17.3 Å². The first-order chi connectivity index (χ1) is 13.1. The van der Waals surface area contributed by atoms with Gasteiger partial charge in [-0.2, -0.15) is 0 Å². The van der Waals surface area contributed by atoms with Crippen LogP contribution < -0.4 is 5.32 Å². The Morgan fingerprint density at radius 1 is 1.15 bits per heavy atom. The van der Waals surface area contributed by atoms with Crippen LogP contribution in [-0.2, 0) is 4.79 Å². The molecule has 1 aromatic rings. The highest BCUT2D eigenvalue weighted by Gasteiger charge is 2.50. The maximum atomic E-state index is 13.4. The predicted molar refractivity (Wildman–Crippen MR) is 105 cm³/mol. The van der Waals surface area contributed by atoms with Crippen LogP contribution in [0.4, 0.5) is 4.39 Å². The summed E-state index contributed by atoms with van der Waals surface area (Å²) in [6, 6.07) is 7.65. The summed E-state index contributed by atoms with van der Waals surface area (Å²) in [6.45, 7) is 5.83. The number of amides is 1. The Morgan fingerprint density at radius 3 is 2.56 bits per heavy atom. The molecule has 148 valence electrons. The van der Waals surface area contributed by atoms with Crippen LogP contribution in [0.5, 0.6) is 0 Å². The summed E-state index contributed by atoms with van der Waals surface area (Å²) in [6.07, 6.45) is 7.84. The summed E-state index contributed by atoms with van der Waals surface area (Å²) in [5.41, 5.74) is 0.986. The molecule has 5 heteroatoms. The van der Waals surface area contributed by atoms with E-state index < -0.39 is 0 Å². The second kappa shape index (κ2) is 7.88. The van der Waals surface area contributed by atoms with E-state index in [1.807, 2.05) is 12.1 Å². The third-order valence-electron chi connectivity index (χ3n) is 7.07. The molecule has 1 aliphatic carbocycles. The van der Waals surface area contributed by atoms with Gasteiger partial charge in [0.05, 0.1) is 6.67 Å². The summed E-state index contributed by atoms with van der Waals surface area (Å²) >= 11 is 0. The van der Waals surface area contributed by atoms with E-state index in [0.29, 0.717) is 18.6 Å². The third-order valence-corrected chi connectivity index (χ3v) is 7.07. The van der Waals surface area contributed by atoms with Gasteiger partial charge in [0.2, 0.25) is 5.91 Å². The summed E-state index contributed by atoms with van der Waals surface area (Å²) in [7, 11) is 0. The van der Waals surface area contributed by atoms with Gasteiger partial charge < -0.3 is 5.32 Å². The molecule has 27 heavy (non-hydrogen) atoms. The van der Waals surface area contributed by atoms with Crippen molar-refractivity contribution in [3.05, 3.63) is 35.6 Å². The van der Waals surface area contributed by atoms with Gasteiger partial charge in [-0.15, -0.1) is 0 Å². The van der Waals surface area contributed by atoms with Crippen molar-refractivity contribution < 1.29 is 9.18 Å². The number of rotatable bonds is 4. The van der Waals surface area contributed by atoms with Gasteiger partial charge in [-0.05, 0) is 55.7 Å². The Morgan fingerprint density at radius 2 is 1.85 bits per heavy atom. The van der Waals surface area contributed by atoms with Crippen molar-refractivity contribution in [3.8, 4) is 0 Å². The summed E-state index contributed by atoms with van der Waals surface area (Å²) in [5, 5.41) is 3.08. The molecule has 2 saturated heterocycles. The molecular formula is C22H32FN3O. The van der Waals surface area contributed by atoms with Crippen LogP contribution in [0.15, 0.2) is 24.3 Å². The molecule has 3 fully saturated rings. The first-order valence-corrected chi connectivity index (χ1v) is 10.7. The average molecular weight is 374 g/mol. The van der Waals surface area contributed by atoms with E-state index in [9.17, 15) is 9.18 Å². The lowest BCUT2D eigenvalue weighted by Crippen LogP contribution is -2.58. The van der Waals surface area contributed by atoms with Crippen LogP contribution >= 0.6 is 0 Å². The van der Waals surface area contributed by atoms with Gasteiger partial charge in [0, 0.05) is 25.7 Å². The molecule has 1 saturated carbocycles. The number of carbonyl (C=O) groups excluding carboxylic acids is 1. The van der Waals surface area contributed by atoms with Crippen LogP contribution in [0, 0.1) is 5.82 Å². The molecule has 1 N–H and O–H groups in total. The fourth-order valence-electron chi connectivity index (χ4n) is 5.61. The molecule has 3 aliphatic rings. The molecule has 4 nitrogen and oxygen atoms in total. The number of halogens is 1. The Bertz CT molecular complexity index is 654. The molecule has 0 unspecified atom stereocenters. The smallest absolute Gasteiger partial charge is 0.241 e. The van der Waals surface area contributed by atoms with E-state index in [4.69, 9.17) is 0 Å². The average Bonchev–Trinajstić information content (AvgIpc) is 2.99. The highest BCUT2D eigenvalue weighted by molar-refractivity contribution is 5.88. The van der Waals surface area contributed by atoms with E-state index in [1.54, 1.807) is 12.1 Å². The largest absolute Gasteiger partial charge is 0.342 e. The van der Waals surface area contributed by atoms with Gasteiger partial charge in [-0.1, -0.05) is 31.9 Å². The maximum Gasteiger partial charge on any atom is 0.241 e. The van der Waals surface area contributed by atoms with Crippen LogP contribution in [-0.4, -0.2) is 53.6 Å². The molecule has 1 aromatic carbocycles. The lowest BCUT2D eigenvalue weighted by molar-refractivity contribution is -0.129. The van der Waals surface area contributed by atoms with Crippen molar-refractivity contribution in [3.63, 3.8) is 0 Å². The van der Waals surface area contributed by atoms with Crippen LogP contribution in [0.1, 0.15) is 63.4 Å². The quantitative estimate of drug-likeness (QED) is 0.878. The Balaban J connectivity index is 1.47. The zero-order valence-corrected chi connectivity index (χ0v) is 16.4. The molecule has 0 radical (unpaired) electrons. The fourth-order valence-corrected chi connectivity index (χ4v) is 5.61. The number of likely N-dealkylation sites (tertiary alicyclic amines) is 1.